The van der Waals surface area contributed by atoms with Crippen LogP contribution in [0.5, 0.6) is 11.5 Å². The average molecular weight is 668 g/mol. The monoisotopic (exact) mass is 667 g/mol. The van der Waals surface area contributed by atoms with Gasteiger partial charge in [0.25, 0.3) is 0 Å². The maximum absolute atomic E-state index is 11.2. The number of nitrogens with zero attached hydrogens (tertiary/aromatic N) is 6. The molecule has 0 heterocycles. The van der Waals surface area contributed by atoms with Crippen molar-refractivity contribution in [3.05, 3.63) is 108 Å². The fourth-order valence-corrected chi connectivity index (χ4v) is 4.29. The molecule has 49 heavy (non-hydrogen) atoms. The Morgan fingerprint density at radius 2 is 1.14 bits per heavy atom. The summed E-state index contributed by atoms with van der Waals surface area (Å²) in [7, 11) is 0. The minimum absolute atomic E-state index is 0. The minimum Gasteiger partial charge on any atom is -0.507 e. The van der Waals surface area contributed by atoms with E-state index >= 15 is 0 Å². The zero-order chi connectivity index (χ0) is 34.2. The number of aliphatic carboxylic acids is 1. The zero-order valence-electron chi connectivity index (χ0n) is 26.3. The summed E-state index contributed by atoms with van der Waals surface area (Å²) in [4.78, 5) is 21.9. The van der Waals surface area contributed by atoms with Crippen molar-refractivity contribution in [3.8, 4) is 22.6 Å². The number of nitrogens with two attached hydrogens (primary N) is 2. The predicted molar refractivity (Wildman–Crippen MR) is 179 cm³/mol. The van der Waals surface area contributed by atoms with Crippen molar-refractivity contribution in [1.29, 1.82) is 0 Å². The Bertz CT molecular complexity index is 2070. The number of hydrogen-bond acceptors (Lipinski definition) is 12. The summed E-state index contributed by atoms with van der Waals surface area (Å²) in [5, 5.41) is 52.9. The molecule has 0 fully saturated rings. The van der Waals surface area contributed by atoms with Crippen molar-refractivity contribution < 1.29 is 59.2 Å². The SMILES string of the molecule is Cc1cc(N=Nc2ccc(-c3ccc(N=Nc4ccc(O)c(C(=O)O)c4)cc3)cc2)c(N)c(N=Nc2ccc(OCC(=O)O)cc2)c1N.[Na+]. The number of nitrogen functional groups attached to an aromatic ring is 2. The number of carboxylic acids is 2. The molecule has 14 nitrogen and oxygen atoms in total. The van der Waals surface area contributed by atoms with Crippen LogP contribution in [-0.2, 0) is 4.79 Å². The molecule has 0 aromatic heterocycles. The van der Waals surface area contributed by atoms with Crippen LogP contribution in [0.1, 0.15) is 15.9 Å². The number of benzene rings is 5. The van der Waals surface area contributed by atoms with E-state index in [0.29, 0.717) is 45.4 Å². The smallest absolute Gasteiger partial charge is 0.507 e. The Balaban J connectivity index is 0.00000541. The molecule has 0 aliphatic rings. The second-order valence-electron chi connectivity index (χ2n) is 10.3. The molecule has 15 heteroatoms. The van der Waals surface area contributed by atoms with Gasteiger partial charge in [0, 0.05) is 0 Å². The van der Waals surface area contributed by atoms with E-state index in [0.717, 1.165) is 11.1 Å². The van der Waals surface area contributed by atoms with Gasteiger partial charge in [-0.1, -0.05) is 24.3 Å². The van der Waals surface area contributed by atoms with Crippen LogP contribution in [0.15, 0.2) is 128 Å². The van der Waals surface area contributed by atoms with Crippen molar-refractivity contribution in [1.82, 2.24) is 0 Å². The van der Waals surface area contributed by atoms with Crippen molar-refractivity contribution in [2.75, 3.05) is 18.1 Å². The third-order valence-electron chi connectivity index (χ3n) is 6.86. The number of hydrogen-bond donors (Lipinski definition) is 5. The van der Waals surface area contributed by atoms with Crippen LogP contribution in [0.4, 0.5) is 45.5 Å². The van der Waals surface area contributed by atoms with E-state index < -0.39 is 18.5 Å². The van der Waals surface area contributed by atoms with Crippen molar-refractivity contribution in [2.45, 2.75) is 6.92 Å². The van der Waals surface area contributed by atoms with Gasteiger partial charge in [-0.25, -0.2) is 9.59 Å². The third-order valence-corrected chi connectivity index (χ3v) is 6.86. The first-order chi connectivity index (χ1) is 23.1. The van der Waals surface area contributed by atoms with Crippen molar-refractivity contribution in [2.24, 2.45) is 30.7 Å². The van der Waals surface area contributed by atoms with Crippen LogP contribution in [0.3, 0.4) is 0 Å². The summed E-state index contributed by atoms with van der Waals surface area (Å²) >= 11 is 0. The van der Waals surface area contributed by atoms with Gasteiger partial charge < -0.3 is 31.5 Å². The number of aromatic hydroxyl groups is 1. The van der Waals surface area contributed by atoms with E-state index in [9.17, 15) is 14.7 Å². The Morgan fingerprint density at radius 3 is 1.69 bits per heavy atom. The first-order valence-electron chi connectivity index (χ1n) is 14.2. The molecule has 0 radical (unpaired) electrons. The molecule has 0 saturated heterocycles. The largest absolute Gasteiger partial charge is 1.00 e. The fraction of sp³-hybridized carbons (Fsp3) is 0.0588. The summed E-state index contributed by atoms with van der Waals surface area (Å²) in [5.41, 5.74) is 18.0. The van der Waals surface area contributed by atoms with Crippen LogP contribution < -0.4 is 45.8 Å². The number of aromatic carboxylic acids is 1. The van der Waals surface area contributed by atoms with E-state index in [1.807, 2.05) is 36.4 Å². The number of azo groups is 3. The summed E-state index contributed by atoms with van der Waals surface area (Å²) in [6.07, 6.45) is 0. The maximum atomic E-state index is 11.2. The molecule has 5 rings (SSSR count). The van der Waals surface area contributed by atoms with Gasteiger partial charge in [0.05, 0.1) is 34.1 Å². The normalized spacial score (nSPS) is 11.2. The van der Waals surface area contributed by atoms with Crippen molar-refractivity contribution in [3.63, 3.8) is 0 Å². The first-order valence-corrected chi connectivity index (χ1v) is 14.2. The van der Waals surface area contributed by atoms with Gasteiger partial charge in [0.2, 0.25) is 0 Å². The zero-order valence-corrected chi connectivity index (χ0v) is 28.3. The molecule has 0 amide bonds. The third kappa shape index (κ3) is 9.32. The predicted octanol–water partition coefficient (Wildman–Crippen LogP) is 5.94. The van der Waals surface area contributed by atoms with E-state index in [1.165, 1.54) is 18.2 Å². The van der Waals surface area contributed by atoms with E-state index in [4.69, 9.17) is 26.4 Å². The van der Waals surface area contributed by atoms with Gasteiger partial charge in [-0.3, -0.25) is 0 Å². The number of aryl methyl sites for hydroxylation is 1. The molecule has 7 N–H and O–H groups in total. The molecule has 0 unspecified atom stereocenters. The number of carbonyl (C=O) groups is 2. The van der Waals surface area contributed by atoms with Crippen LogP contribution in [-0.4, -0.2) is 33.9 Å². The second kappa shape index (κ2) is 16.2. The molecule has 5 aromatic carbocycles. The molecule has 0 spiro atoms. The van der Waals surface area contributed by atoms with E-state index in [1.54, 1.807) is 49.4 Å². The van der Waals surface area contributed by atoms with Crippen LogP contribution in [0.2, 0.25) is 0 Å². The fourth-order valence-electron chi connectivity index (χ4n) is 4.29. The summed E-state index contributed by atoms with van der Waals surface area (Å²) in [5.74, 6) is -2.30. The molecule has 0 bridgehead atoms. The maximum Gasteiger partial charge on any atom is 1.00 e. The average Bonchev–Trinajstić information content (AvgIpc) is 3.09. The summed E-state index contributed by atoms with van der Waals surface area (Å²) in [6, 6.07) is 26.8. The van der Waals surface area contributed by atoms with E-state index in [-0.39, 0.29) is 52.2 Å². The van der Waals surface area contributed by atoms with Gasteiger partial charge in [0.15, 0.2) is 6.61 Å². The Hall–Kier alpha value is -5.96. The molecule has 5 aromatic rings. The van der Waals surface area contributed by atoms with Gasteiger partial charge in [0.1, 0.15) is 28.4 Å². The van der Waals surface area contributed by atoms with Crippen LogP contribution >= 0.6 is 0 Å². The quantitative estimate of drug-likeness (QED) is 0.0641. The Labute approximate surface area is 301 Å². The standard InChI is InChI=1S/C34H28N8O6.Na/c1-19-16-28(32(36)33(31(19)35)42-39-24-10-13-26(14-11-24)48-18-30(44)45)41-38-23-8-4-21(5-9-23)20-2-6-22(7-3-20)37-40-25-12-15-29(43)27(17-25)34(46)47;/h2-17,43H,18,35-36H2,1H3,(H,44,45)(H,46,47);/q;+1. The molecule has 0 saturated carbocycles. The number of ether oxygens (including phenoxy) is 1. The summed E-state index contributed by atoms with van der Waals surface area (Å²) in [6.45, 7) is 1.35. The molecule has 0 aliphatic heterocycles. The molecule has 240 valence electrons. The van der Waals surface area contributed by atoms with Gasteiger partial charge in [-0.15, -0.1) is 10.2 Å². The van der Waals surface area contributed by atoms with Gasteiger partial charge >= 0.3 is 41.5 Å². The Morgan fingerprint density at radius 1 is 0.653 bits per heavy atom. The first kappa shape index (κ1) is 35.9. The van der Waals surface area contributed by atoms with Crippen LogP contribution in [0, 0.1) is 6.92 Å². The van der Waals surface area contributed by atoms with Gasteiger partial charge in [-0.2, -0.15) is 20.5 Å². The molecular formula is C34H28N8NaO6+. The number of anilines is 2. The number of phenols is 1. The van der Waals surface area contributed by atoms with Gasteiger partial charge in [-0.05, 0) is 96.4 Å². The topological polar surface area (TPSA) is 230 Å². The number of rotatable bonds is 11. The minimum atomic E-state index is -1.26. The molecule has 0 atom stereocenters. The van der Waals surface area contributed by atoms with E-state index in [2.05, 4.69) is 30.7 Å². The Kier molecular flexibility index (Phi) is 11.9. The number of carboxylic acid groups (broad SMARTS) is 2. The molecular weight excluding hydrogens is 639 g/mol. The summed E-state index contributed by atoms with van der Waals surface area (Å²) < 4.78 is 5.12. The van der Waals surface area contributed by atoms with Crippen molar-refractivity contribution >= 4 is 57.4 Å². The van der Waals surface area contributed by atoms with Crippen LogP contribution in [0.25, 0.3) is 11.1 Å². The molecule has 0 aliphatic carbocycles. The second-order valence-corrected chi connectivity index (χ2v) is 10.3.